The number of benzene rings is 1. The van der Waals surface area contributed by atoms with E-state index >= 15 is 0 Å². The molecule has 1 aromatic carbocycles. The Morgan fingerprint density at radius 3 is 1.90 bits per heavy atom. The molecule has 1 saturated heterocycles. The van der Waals surface area contributed by atoms with Crippen molar-refractivity contribution in [2.75, 3.05) is 53.5 Å². The first-order chi connectivity index (χ1) is 33.4. The lowest BCUT2D eigenvalue weighted by atomic mass is 9.89. The van der Waals surface area contributed by atoms with Gasteiger partial charge in [-0.25, -0.2) is 9.59 Å². The summed E-state index contributed by atoms with van der Waals surface area (Å²) in [6.07, 6.45) is -1.66. The van der Waals surface area contributed by atoms with Crippen LogP contribution in [0.4, 0.5) is 15.3 Å². The van der Waals surface area contributed by atoms with Crippen molar-refractivity contribution in [2.24, 2.45) is 29.4 Å². The standard InChI is InChI=1S/C52H90N8O12/c1-19-32(6)43(58(15)48(65)41(30(2)3)57-47(64)42(31(4)5)59(16)50(67)72-52(12,13)14)38(68-17)27-40(62)60-26-20-21-37(60)44(69-18)33(7)46(63)55-34(8)45(70-29-54-39(61)28-53)35-22-24-36(25-23-35)56-49(66)71-51(9,10)11/h22-25,30-34,37-38,41-45H,19-21,26-29,53H2,1-18H3,(H,54,61)(H,55,63)(H,56,66)(H,57,64)/t32-,33+,34+,37-,38+,41-,42-,43-,44+,45+/m0/s1. The summed E-state index contributed by atoms with van der Waals surface area (Å²) < 4.78 is 29.1. The average Bonchev–Trinajstić information content (AvgIpc) is 3.77. The summed E-state index contributed by atoms with van der Waals surface area (Å²) in [5, 5.41) is 11.3. The van der Waals surface area contributed by atoms with Gasteiger partial charge >= 0.3 is 12.2 Å². The number of carbonyl (C=O) groups excluding carboxylic acids is 7. The second-order valence-corrected chi connectivity index (χ2v) is 21.7. The summed E-state index contributed by atoms with van der Waals surface area (Å²) in [6.45, 7) is 25.3. The number of ether oxygens (including phenoxy) is 5. The van der Waals surface area contributed by atoms with Crippen LogP contribution in [0.2, 0.25) is 0 Å². The Labute approximate surface area is 429 Å². The Morgan fingerprint density at radius 2 is 1.40 bits per heavy atom. The van der Waals surface area contributed by atoms with E-state index in [1.54, 1.807) is 96.5 Å². The lowest BCUT2D eigenvalue weighted by Gasteiger charge is -2.41. The highest BCUT2D eigenvalue weighted by atomic mass is 16.6. The van der Waals surface area contributed by atoms with Crippen molar-refractivity contribution in [3.8, 4) is 0 Å². The highest BCUT2D eigenvalue weighted by molar-refractivity contribution is 5.92. The Kier molecular flexibility index (Phi) is 24.9. The van der Waals surface area contributed by atoms with Crippen molar-refractivity contribution in [1.29, 1.82) is 0 Å². The molecule has 72 heavy (non-hydrogen) atoms. The summed E-state index contributed by atoms with van der Waals surface area (Å²) in [5.41, 5.74) is 5.13. The van der Waals surface area contributed by atoms with E-state index in [0.29, 0.717) is 37.1 Å². The number of anilines is 1. The molecule has 10 atom stereocenters. The lowest BCUT2D eigenvalue weighted by Crippen LogP contribution is -2.60. The van der Waals surface area contributed by atoms with Gasteiger partial charge in [-0.3, -0.25) is 34.2 Å². The van der Waals surface area contributed by atoms with Gasteiger partial charge in [-0.1, -0.05) is 67.0 Å². The van der Waals surface area contributed by atoms with Crippen LogP contribution in [0.15, 0.2) is 24.3 Å². The number of nitrogens with one attached hydrogen (secondary N) is 4. The second-order valence-electron chi connectivity index (χ2n) is 21.7. The van der Waals surface area contributed by atoms with Gasteiger partial charge in [0.15, 0.2) is 0 Å². The predicted octanol–water partition coefficient (Wildman–Crippen LogP) is 5.58. The van der Waals surface area contributed by atoms with Crippen LogP contribution in [0.5, 0.6) is 0 Å². The zero-order chi connectivity index (χ0) is 55.0. The molecule has 1 fully saturated rings. The van der Waals surface area contributed by atoms with Gasteiger partial charge in [0.1, 0.15) is 36.1 Å². The highest BCUT2D eigenvalue weighted by Crippen LogP contribution is 2.31. The van der Waals surface area contributed by atoms with Crippen molar-refractivity contribution in [3.05, 3.63) is 29.8 Å². The summed E-state index contributed by atoms with van der Waals surface area (Å²) in [6, 6.07) is 3.24. The summed E-state index contributed by atoms with van der Waals surface area (Å²) in [7, 11) is 6.19. The third kappa shape index (κ3) is 18.8. The number of methoxy groups -OCH3 is 2. The van der Waals surface area contributed by atoms with Gasteiger partial charge < -0.3 is 55.2 Å². The van der Waals surface area contributed by atoms with Crippen molar-refractivity contribution < 1.29 is 57.2 Å². The third-order valence-corrected chi connectivity index (χ3v) is 12.9. The largest absolute Gasteiger partial charge is 0.444 e. The second kappa shape index (κ2) is 28.4. The molecule has 7 amide bonds. The molecule has 0 unspecified atom stereocenters. The smallest absolute Gasteiger partial charge is 0.412 e. The van der Waals surface area contributed by atoms with Gasteiger partial charge in [0, 0.05) is 40.5 Å². The molecule has 0 saturated carbocycles. The first-order valence-electron chi connectivity index (χ1n) is 25.3. The fraction of sp³-hybridized carbons (Fsp3) is 0.750. The molecule has 2 rings (SSSR count). The quantitative estimate of drug-likeness (QED) is 0.0752. The number of nitrogens with zero attached hydrogens (tertiary/aromatic N) is 3. The first kappa shape index (κ1) is 63.1. The van der Waals surface area contributed by atoms with Gasteiger partial charge in [0.2, 0.25) is 29.5 Å². The summed E-state index contributed by atoms with van der Waals surface area (Å²) >= 11 is 0. The zero-order valence-electron chi connectivity index (χ0n) is 46.5. The number of likely N-dealkylation sites (tertiary alicyclic amines) is 1. The molecule has 0 aliphatic carbocycles. The fourth-order valence-electron chi connectivity index (χ4n) is 9.07. The molecule has 410 valence electrons. The molecule has 1 aromatic rings. The maximum atomic E-state index is 14.6. The maximum Gasteiger partial charge on any atom is 0.412 e. The van der Waals surface area contributed by atoms with Crippen LogP contribution in [-0.4, -0.2) is 158 Å². The van der Waals surface area contributed by atoms with Gasteiger partial charge in [-0.2, -0.15) is 0 Å². The van der Waals surface area contributed by atoms with E-state index in [2.05, 4.69) is 21.3 Å². The molecule has 6 N–H and O–H groups in total. The Bertz CT molecular complexity index is 1940. The highest BCUT2D eigenvalue weighted by Gasteiger charge is 2.44. The van der Waals surface area contributed by atoms with E-state index in [9.17, 15) is 33.6 Å². The van der Waals surface area contributed by atoms with Gasteiger partial charge in [0.25, 0.3) is 0 Å². The molecule has 0 bridgehead atoms. The van der Waals surface area contributed by atoms with E-state index in [1.165, 1.54) is 26.2 Å². The number of hydrogen-bond donors (Lipinski definition) is 5. The van der Waals surface area contributed by atoms with Crippen molar-refractivity contribution in [2.45, 2.75) is 182 Å². The van der Waals surface area contributed by atoms with Crippen LogP contribution < -0.4 is 27.0 Å². The van der Waals surface area contributed by atoms with Crippen molar-refractivity contribution in [1.82, 2.24) is 30.7 Å². The average molecular weight is 1020 g/mol. The van der Waals surface area contributed by atoms with Crippen LogP contribution in [0, 0.1) is 23.7 Å². The summed E-state index contributed by atoms with van der Waals surface area (Å²) in [5.74, 6) is -3.40. The van der Waals surface area contributed by atoms with Crippen molar-refractivity contribution in [3.63, 3.8) is 0 Å². The molecular weight excluding hydrogens is 929 g/mol. The molecule has 0 aromatic heterocycles. The number of carbonyl (C=O) groups is 7. The van der Waals surface area contributed by atoms with Crippen molar-refractivity contribution >= 4 is 47.4 Å². The molecule has 1 heterocycles. The maximum absolute atomic E-state index is 14.6. The first-order valence-corrected chi connectivity index (χ1v) is 25.3. The number of likely N-dealkylation sites (N-methyl/N-ethyl adjacent to an activating group) is 2. The SMILES string of the molecule is CC[C@H](C)[C@@H]([C@@H](CC(=O)N1CCC[C@H]1[C@H](OC)[C@@H](C)C(=O)N[C@H](C)[C@@H](OCNC(=O)CN)c1ccc(NC(=O)OC(C)(C)C)cc1)OC)N(C)C(=O)[C@@H](NC(=O)[C@H](C(C)C)N(C)C(=O)OC(C)(C)C)C(C)C. The van der Waals surface area contributed by atoms with E-state index in [4.69, 9.17) is 29.4 Å². The number of amides is 7. The zero-order valence-corrected chi connectivity index (χ0v) is 46.5. The van der Waals surface area contributed by atoms with E-state index in [1.807, 2.05) is 41.5 Å². The predicted molar refractivity (Wildman–Crippen MR) is 275 cm³/mol. The van der Waals surface area contributed by atoms with Crippen LogP contribution >= 0.6 is 0 Å². The van der Waals surface area contributed by atoms with Crippen LogP contribution in [0.3, 0.4) is 0 Å². The number of hydrogen-bond acceptors (Lipinski definition) is 13. The van der Waals surface area contributed by atoms with Gasteiger partial charge in [0.05, 0.1) is 49.2 Å². The normalized spacial score (nSPS) is 17.8. The molecule has 0 spiro atoms. The van der Waals surface area contributed by atoms with E-state index < -0.39 is 89.6 Å². The topological polar surface area (TPSA) is 249 Å². The van der Waals surface area contributed by atoms with Crippen LogP contribution in [-0.2, 0) is 47.7 Å². The van der Waals surface area contributed by atoms with E-state index in [0.717, 1.165) is 0 Å². The molecule has 1 aliphatic rings. The van der Waals surface area contributed by atoms with Gasteiger partial charge in [-0.05, 0) is 96.8 Å². The Morgan fingerprint density at radius 1 is 0.806 bits per heavy atom. The minimum absolute atomic E-state index is 0.0751. The molecule has 20 nitrogen and oxygen atoms in total. The van der Waals surface area contributed by atoms with Crippen LogP contribution in [0.1, 0.15) is 134 Å². The van der Waals surface area contributed by atoms with Gasteiger partial charge in [-0.15, -0.1) is 0 Å². The molecule has 0 radical (unpaired) electrons. The van der Waals surface area contributed by atoms with Crippen LogP contribution in [0.25, 0.3) is 0 Å². The fourth-order valence-corrected chi connectivity index (χ4v) is 9.07. The third-order valence-electron chi connectivity index (χ3n) is 12.9. The monoisotopic (exact) mass is 1020 g/mol. The number of rotatable bonds is 25. The Balaban J connectivity index is 2.33. The Hall–Kier alpha value is -5.05. The number of nitrogens with two attached hydrogens (primary N) is 1. The molecular formula is C52H90N8O12. The minimum Gasteiger partial charge on any atom is -0.444 e. The minimum atomic E-state index is -0.969. The van der Waals surface area contributed by atoms with E-state index in [-0.39, 0.29) is 55.2 Å². The molecule has 20 heteroatoms. The lowest BCUT2D eigenvalue weighted by molar-refractivity contribution is -0.148. The molecule has 1 aliphatic heterocycles. The summed E-state index contributed by atoms with van der Waals surface area (Å²) in [4.78, 5) is 99.2.